The van der Waals surface area contributed by atoms with Crippen LogP contribution in [0.2, 0.25) is 0 Å². The van der Waals surface area contributed by atoms with Crippen LogP contribution in [0, 0.1) is 6.92 Å². The Bertz CT molecular complexity index is 1140. The van der Waals surface area contributed by atoms with E-state index in [2.05, 4.69) is 41.7 Å². The van der Waals surface area contributed by atoms with Crippen LogP contribution in [0.4, 0.5) is 5.69 Å². The standard InChI is InChI=1S/C24H25N3OS/c1-4-18-9-11-19(12-10-18)22-15-27-21(16-29-24(27)25-22)14-23(28)26(5-2)20-8-6-7-17(3)13-20/h6-13,15-16H,4-5,14H2,1-3H3. The first-order valence-electron chi connectivity index (χ1n) is 10.0. The zero-order valence-corrected chi connectivity index (χ0v) is 17.9. The number of hydrogen-bond acceptors (Lipinski definition) is 3. The Kier molecular flexibility index (Phi) is 5.49. The number of imidazole rings is 1. The van der Waals surface area contributed by atoms with E-state index in [1.54, 1.807) is 11.3 Å². The van der Waals surface area contributed by atoms with E-state index in [-0.39, 0.29) is 5.91 Å². The van der Waals surface area contributed by atoms with Crippen LogP contribution in [0.5, 0.6) is 0 Å². The van der Waals surface area contributed by atoms with E-state index in [1.807, 2.05) is 48.5 Å². The van der Waals surface area contributed by atoms with Crippen molar-refractivity contribution in [3.8, 4) is 11.3 Å². The van der Waals surface area contributed by atoms with Crippen molar-refractivity contribution in [3.63, 3.8) is 0 Å². The van der Waals surface area contributed by atoms with Crippen molar-refractivity contribution in [2.45, 2.75) is 33.6 Å². The number of hydrogen-bond donors (Lipinski definition) is 0. The highest BCUT2D eigenvalue weighted by molar-refractivity contribution is 7.15. The molecule has 0 unspecified atom stereocenters. The molecule has 148 valence electrons. The molecule has 0 fully saturated rings. The fourth-order valence-electron chi connectivity index (χ4n) is 3.56. The molecule has 4 rings (SSSR count). The number of rotatable bonds is 6. The van der Waals surface area contributed by atoms with E-state index >= 15 is 0 Å². The lowest BCUT2D eigenvalue weighted by atomic mass is 10.1. The topological polar surface area (TPSA) is 37.6 Å². The molecule has 0 aliphatic heterocycles. The third kappa shape index (κ3) is 3.96. The van der Waals surface area contributed by atoms with Crippen molar-refractivity contribution in [2.24, 2.45) is 0 Å². The fraction of sp³-hybridized carbons (Fsp3) is 0.250. The maximum Gasteiger partial charge on any atom is 0.232 e. The molecule has 29 heavy (non-hydrogen) atoms. The molecule has 0 spiro atoms. The first kappa shape index (κ1) is 19.4. The van der Waals surface area contributed by atoms with E-state index in [4.69, 9.17) is 4.98 Å². The van der Waals surface area contributed by atoms with Gasteiger partial charge in [-0.15, -0.1) is 11.3 Å². The van der Waals surface area contributed by atoms with Gasteiger partial charge < -0.3 is 4.90 Å². The van der Waals surface area contributed by atoms with Crippen LogP contribution in [-0.4, -0.2) is 21.8 Å². The molecule has 2 heterocycles. The number of anilines is 1. The Labute approximate surface area is 175 Å². The van der Waals surface area contributed by atoms with E-state index in [9.17, 15) is 4.79 Å². The third-order valence-electron chi connectivity index (χ3n) is 5.20. The summed E-state index contributed by atoms with van der Waals surface area (Å²) < 4.78 is 2.05. The number of carbonyl (C=O) groups excluding carboxylic acids is 1. The van der Waals surface area contributed by atoms with Crippen LogP contribution in [-0.2, 0) is 17.6 Å². The zero-order valence-electron chi connectivity index (χ0n) is 17.1. The van der Waals surface area contributed by atoms with Gasteiger partial charge in [-0.05, 0) is 43.5 Å². The Morgan fingerprint density at radius 1 is 1.14 bits per heavy atom. The summed E-state index contributed by atoms with van der Waals surface area (Å²) in [5, 5.41) is 2.04. The van der Waals surface area contributed by atoms with Crippen LogP contribution in [0.1, 0.15) is 30.7 Å². The Morgan fingerprint density at radius 2 is 1.93 bits per heavy atom. The predicted octanol–water partition coefficient (Wildman–Crippen LogP) is 5.53. The van der Waals surface area contributed by atoms with Gasteiger partial charge in [0, 0.05) is 35.1 Å². The minimum Gasteiger partial charge on any atom is -0.312 e. The molecular weight excluding hydrogens is 378 g/mol. The second kappa shape index (κ2) is 8.21. The first-order valence-corrected chi connectivity index (χ1v) is 10.9. The Morgan fingerprint density at radius 3 is 2.62 bits per heavy atom. The van der Waals surface area contributed by atoms with Crippen molar-refractivity contribution in [2.75, 3.05) is 11.4 Å². The van der Waals surface area contributed by atoms with Crippen LogP contribution in [0.3, 0.4) is 0 Å². The molecule has 0 aliphatic carbocycles. The minimum absolute atomic E-state index is 0.0975. The number of likely N-dealkylation sites (N-methyl/N-ethyl adjacent to an activating group) is 1. The van der Waals surface area contributed by atoms with E-state index in [0.717, 1.165) is 39.6 Å². The van der Waals surface area contributed by atoms with Gasteiger partial charge in [-0.25, -0.2) is 4.98 Å². The molecule has 4 aromatic rings. The average molecular weight is 404 g/mol. The SMILES string of the molecule is CCc1ccc(-c2cn3c(CC(=O)N(CC)c4cccc(C)c4)csc3n2)cc1. The summed E-state index contributed by atoms with van der Waals surface area (Å²) in [6.07, 6.45) is 3.42. The van der Waals surface area contributed by atoms with Gasteiger partial charge in [-0.1, -0.05) is 43.3 Å². The quantitative estimate of drug-likeness (QED) is 0.424. The number of benzene rings is 2. The van der Waals surface area contributed by atoms with Gasteiger partial charge in [-0.2, -0.15) is 0 Å². The highest BCUT2D eigenvalue weighted by Gasteiger charge is 2.18. The average Bonchev–Trinajstić information content (AvgIpc) is 3.31. The van der Waals surface area contributed by atoms with Gasteiger partial charge in [0.25, 0.3) is 0 Å². The minimum atomic E-state index is 0.0975. The smallest absolute Gasteiger partial charge is 0.232 e. The van der Waals surface area contributed by atoms with Crippen LogP contribution >= 0.6 is 11.3 Å². The highest BCUT2D eigenvalue weighted by Crippen LogP contribution is 2.25. The largest absolute Gasteiger partial charge is 0.312 e. The summed E-state index contributed by atoms with van der Waals surface area (Å²) in [5.41, 5.74) is 6.44. The van der Waals surface area contributed by atoms with E-state index in [0.29, 0.717) is 13.0 Å². The van der Waals surface area contributed by atoms with Gasteiger partial charge in [0.05, 0.1) is 12.1 Å². The van der Waals surface area contributed by atoms with Crippen LogP contribution < -0.4 is 4.90 Å². The first-order chi connectivity index (χ1) is 14.1. The number of aryl methyl sites for hydroxylation is 2. The molecule has 0 aliphatic rings. The molecule has 0 radical (unpaired) electrons. The molecule has 2 aromatic heterocycles. The Balaban J connectivity index is 1.59. The fourth-order valence-corrected chi connectivity index (χ4v) is 4.43. The van der Waals surface area contributed by atoms with Crippen molar-refractivity contribution >= 4 is 27.9 Å². The lowest BCUT2D eigenvalue weighted by molar-refractivity contribution is -0.118. The number of carbonyl (C=O) groups is 1. The molecule has 5 heteroatoms. The molecule has 2 aromatic carbocycles. The number of nitrogens with zero attached hydrogens (tertiary/aromatic N) is 3. The normalized spacial score (nSPS) is 11.1. The maximum absolute atomic E-state index is 13.0. The van der Waals surface area contributed by atoms with Gasteiger partial charge in [0.15, 0.2) is 4.96 Å². The predicted molar refractivity (Wildman–Crippen MR) is 121 cm³/mol. The summed E-state index contributed by atoms with van der Waals surface area (Å²) in [7, 11) is 0. The van der Waals surface area contributed by atoms with E-state index < -0.39 is 0 Å². The maximum atomic E-state index is 13.0. The molecule has 0 N–H and O–H groups in total. The van der Waals surface area contributed by atoms with Crippen molar-refractivity contribution in [1.29, 1.82) is 0 Å². The van der Waals surface area contributed by atoms with Crippen LogP contribution in [0.25, 0.3) is 16.2 Å². The highest BCUT2D eigenvalue weighted by atomic mass is 32.1. The number of fused-ring (bicyclic) bond motifs is 1. The molecule has 0 atom stereocenters. The lowest BCUT2D eigenvalue weighted by Gasteiger charge is -2.21. The Hall–Kier alpha value is -2.92. The second-order valence-electron chi connectivity index (χ2n) is 7.21. The monoisotopic (exact) mass is 403 g/mol. The van der Waals surface area contributed by atoms with Gasteiger partial charge >= 0.3 is 0 Å². The van der Waals surface area contributed by atoms with Crippen molar-refractivity contribution < 1.29 is 4.79 Å². The summed E-state index contributed by atoms with van der Waals surface area (Å²) in [6, 6.07) is 16.6. The van der Waals surface area contributed by atoms with Crippen molar-refractivity contribution in [1.82, 2.24) is 9.38 Å². The third-order valence-corrected chi connectivity index (χ3v) is 6.09. The molecule has 0 bridgehead atoms. The van der Waals surface area contributed by atoms with Crippen LogP contribution in [0.15, 0.2) is 60.1 Å². The molecule has 0 saturated carbocycles. The molecule has 0 saturated heterocycles. The summed E-state index contributed by atoms with van der Waals surface area (Å²) in [5.74, 6) is 0.0975. The van der Waals surface area contributed by atoms with Gasteiger partial charge in [0.1, 0.15) is 0 Å². The zero-order chi connectivity index (χ0) is 20.4. The summed E-state index contributed by atoms with van der Waals surface area (Å²) in [4.78, 5) is 20.6. The second-order valence-corrected chi connectivity index (χ2v) is 8.05. The number of aromatic nitrogens is 2. The lowest BCUT2D eigenvalue weighted by Crippen LogP contribution is -2.32. The van der Waals surface area contributed by atoms with E-state index in [1.165, 1.54) is 5.56 Å². The number of amides is 1. The molecule has 4 nitrogen and oxygen atoms in total. The summed E-state index contributed by atoms with van der Waals surface area (Å²) in [6.45, 7) is 6.86. The molecular formula is C24H25N3OS. The summed E-state index contributed by atoms with van der Waals surface area (Å²) >= 11 is 1.58. The van der Waals surface area contributed by atoms with Gasteiger partial charge in [0.2, 0.25) is 5.91 Å². The molecule has 1 amide bonds. The van der Waals surface area contributed by atoms with Crippen molar-refractivity contribution in [3.05, 3.63) is 76.9 Å². The number of thiazole rings is 1. The van der Waals surface area contributed by atoms with Gasteiger partial charge in [-0.3, -0.25) is 9.20 Å².